The van der Waals surface area contributed by atoms with Gasteiger partial charge in [0.25, 0.3) is 5.91 Å². The molecule has 1 aromatic carbocycles. The van der Waals surface area contributed by atoms with Crippen molar-refractivity contribution >= 4 is 28.8 Å². The highest BCUT2D eigenvalue weighted by Crippen LogP contribution is 2.19. The van der Waals surface area contributed by atoms with Crippen LogP contribution in [0.2, 0.25) is 0 Å². The lowest BCUT2D eigenvalue weighted by Crippen LogP contribution is -2.44. The highest BCUT2D eigenvalue weighted by atomic mass is 32.1. The molecule has 0 fully saturated rings. The average molecular weight is 401 g/mol. The Morgan fingerprint density at radius 3 is 2.64 bits per heavy atom. The molecule has 3 aromatic rings. The zero-order valence-corrected chi connectivity index (χ0v) is 15.9. The lowest BCUT2D eigenvalue weighted by atomic mass is 10.3. The van der Waals surface area contributed by atoms with E-state index < -0.39 is 0 Å². The molecule has 0 aliphatic heterocycles. The molecule has 2 amide bonds. The minimum absolute atomic E-state index is 0.0142. The van der Waals surface area contributed by atoms with Gasteiger partial charge in [0, 0.05) is 29.5 Å². The summed E-state index contributed by atoms with van der Waals surface area (Å²) in [5, 5.41) is 10.7. The molecule has 9 nitrogen and oxygen atoms in total. The van der Waals surface area contributed by atoms with Crippen molar-refractivity contribution in [1.29, 1.82) is 0 Å². The standard InChI is InChI=1S/C18H19N5O4S/c1-26-14-4-2-13(3-5-14)19-10-16(25)22-21-15(24)6-7-17-20-18(23-27-17)12-8-9-28-11-12/h2-5,8-9,11,19H,6-7,10H2,1H3,(H,21,24)(H,22,25). The summed E-state index contributed by atoms with van der Waals surface area (Å²) in [6, 6.07) is 9.03. The van der Waals surface area contributed by atoms with Crippen LogP contribution in [-0.2, 0) is 16.0 Å². The smallest absolute Gasteiger partial charge is 0.257 e. The topological polar surface area (TPSA) is 118 Å². The molecule has 28 heavy (non-hydrogen) atoms. The zero-order chi connectivity index (χ0) is 19.8. The second-order valence-corrected chi connectivity index (χ2v) is 6.48. The highest BCUT2D eigenvalue weighted by Gasteiger charge is 2.11. The van der Waals surface area contributed by atoms with Crippen LogP contribution in [0.5, 0.6) is 5.75 Å². The largest absolute Gasteiger partial charge is 0.497 e. The van der Waals surface area contributed by atoms with Gasteiger partial charge in [0.1, 0.15) is 5.75 Å². The molecule has 0 atom stereocenters. The Bertz CT molecular complexity index is 908. The van der Waals surface area contributed by atoms with E-state index >= 15 is 0 Å². The van der Waals surface area contributed by atoms with Crippen LogP contribution in [0.4, 0.5) is 5.69 Å². The van der Waals surface area contributed by atoms with E-state index in [1.54, 1.807) is 31.4 Å². The molecule has 0 aliphatic rings. The third-order valence-corrected chi connectivity index (χ3v) is 4.38. The third-order valence-electron chi connectivity index (χ3n) is 3.70. The first kappa shape index (κ1) is 19.4. The minimum atomic E-state index is -0.373. The van der Waals surface area contributed by atoms with Crippen LogP contribution in [0.15, 0.2) is 45.6 Å². The van der Waals surface area contributed by atoms with Gasteiger partial charge in [0.2, 0.25) is 17.6 Å². The number of carbonyl (C=O) groups is 2. The Labute approximate surface area is 165 Å². The van der Waals surface area contributed by atoms with E-state index in [2.05, 4.69) is 26.3 Å². The number of hydrazine groups is 1. The number of amides is 2. The van der Waals surface area contributed by atoms with Gasteiger partial charge in [-0.05, 0) is 35.7 Å². The maximum Gasteiger partial charge on any atom is 0.257 e. The number of nitrogens with one attached hydrogen (secondary N) is 3. The van der Waals surface area contributed by atoms with Gasteiger partial charge >= 0.3 is 0 Å². The number of thiophene rings is 1. The summed E-state index contributed by atoms with van der Waals surface area (Å²) in [6.45, 7) is 0.0142. The number of aryl methyl sites for hydroxylation is 1. The molecular formula is C18H19N5O4S. The number of ether oxygens (including phenoxy) is 1. The number of rotatable bonds is 8. The lowest BCUT2D eigenvalue weighted by molar-refractivity contribution is -0.128. The zero-order valence-electron chi connectivity index (χ0n) is 15.1. The SMILES string of the molecule is COc1ccc(NCC(=O)NNC(=O)CCc2nc(-c3ccsc3)no2)cc1. The molecule has 0 saturated carbocycles. The maximum absolute atomic E-state index is 11.9. The van der Waals surface area contributed by atoms with Crippen LogP contribution in [0, 0.1) is 0 Å². The van der Waals surface area contributed by atoms with Gasteiger partial charge in [0.05, 0.1) is 13.7 Å². The van der Waals surface area contributed by atoms with Gasteiger partial charge in [-0.3, -0.25) is 20.4 Å². The van der Waals surface area contributed by atoms with Crippen LogP contribution < -0.4 is 20.9 Å². The number of hydrogen-bond acceptors (Lipinski definition) is 8. The normalized spacial score (nSPS) is 10.3. The van der Waals surface area contributed by atoms with Gasteiger partial charge in [-0.15, -0.1) is 0 Å². The van der Waals surface area contributed by atoms with E-state index in [-0.39, 0.29) is 31.2 Å². The Morgan fingerprint density at radius 1 is 1.14 bits per heavy atom. The van der Waals surface area contributed by atoms with Crippen molar-refractivity contribution in [3.8, 4) is 17.1 Å². The molecule has 0 bridgehead atoms. The van der Waals surface area contributed by atoms with Crippen molar-refractivity contribution in [3.63, 3.8) is 0 Å². The number of hydrogen-bond donors (Lipinski definition) is 3. The second-order valence-electron chi connectivity index (χ2n) is 5.70. The van der Waals surface area contributed by atoms with E-state index in [0.29, 0.717) is 11.7 Å². The summed E-state index contributed by atoms with van der Waals surface area (Å²) in [4.78, 5) is 27.9. The molecule has 146 valence electrons. The van der Waals surface area contributed by atoms with Crippen LogP contribution in [0.25, 0.3) is 11.4 Å². The first-order valence-corrected chi connectivity index (χ1v) is 9.39. The summed E-state index contributed by atoms with van der Waals surface area (Å²) < 4.78 is 10.2. The van der Waals surface area contributed by atoms with Crippen LogP contribution in [-0.4, -0.2) is 35.6 Å². The molecule has 0 saturated heterocycles. The summed E-state index contributed by atoms with van der Waals surface area (Å²) in [7, 11) is 1.58. The van der Waals surface area contributed by atoms with Crippen molar-refractivity contribution in [2.24, 2.45) is 0 Å². The Hall–Kier alpha value is -3.40. The van der Waals surface area contributed by atoms with Gasteiger partial charge < -0.3 is 14.6 Å². The lowest BCUT2D eigenvalue weighted by Gasteiger charge is -2.09. The van der Waals surface area contributed by atoms with Gasteiger partial charge in [-0.1, -0.05) is 5.16 Å². The number of benzene rings is 1. The number of carbonyl (C=O) groups excluding carboxylic acids is 2. The van der Waals surface area contributed by atoms with Crippen molar-refractivity contribution in [2.45, 2.75) is 12.8 Å². The molecule has 0 radical (unpaired) electrons. The molecular weight excluding hydrogens is 382 g/mol. The van der Waals surface area contributed by atoms with Crippen LogP contribution in [0.3, 0.4) is 0 Å². The fourth-order valence-corrected chi connectivity index (χ4v) is 2.86. The first-order valence-electron chi connectivity index (χ1n) is 8.45. The van der Waals surface area contributed by atoms with Crippen molar-refractivity contribution in [2.75, 3.05) is 19.0 Å². The molecule has 10 heteroatoms. The van der Waals surface area contributed by atoms with Crippen molar-refractivity contribution in [3.05, 3.63) is 47.0 Å². The van der Waals surface area contributed by atoms with Crippen molar-refractivity contribution in [1.82, 2.24) is 21.0 Å². The molecule has 0 aliphatic carbocycles. The van der Waals surface area contributed by atoms with Crippen LogP contribution in [0.1, 0.15) is 12.3 Å². The minimum Gasteiger partial charge on any atom is -0.497 e. The molecule has 0 spiro atoms. The van der Waals surface area contributed by atoms with Gasteiger partial charge in [-0.25, -0.2) is 0 Å². The summed E-state index contributed by atoms with van der Waals surface area (Å²) in [5.74, 6) is 0.860. The maximum atomic E-state index is 11.9. The monoisotopic (exact) mass is 401 g/mol. The second kappa shape index (κ2) is 9.51. The van der Waals surface area contributed by atoms with E-state index in [0.717, 1.165) is 17.0 Å². The Morgan fingerprint density at radius 2 is 1.93 bits per heavy atom. The van der Waals surface area contributed by atoms with Gasteiger partial charge in [-0.2, -0.15) is 16.3 Å². The fraction of sp³-hybridized carbons (Fsp3) is 0.222. The van der Waals surface area contributed by atoms with E-state index in [1.165, 1.54) is 11.3 Å². The fourth-order valence-electron chi connectivity index (χ4n) is 2.22. The first-order chi connectivity index (χ1) is 13.6. The molecule has 3 rings (SSSR count). The van der Waals surface area contributed by atoms with Crippen molar-refractivity contribution < 1.29 is 18.8 Å². The van der Waals surface area contributed by atoms with E-state index in [9.17, 15) is 9.59 Å². The Balaban J connectivity index is 1.35. The quantitative estimate of drug-likeness (QED) is 0.494. The summed E-state index contributed by atoms with van der Waals surface area (Å²) in [5.41, 5.74) is 6.34. The molecule has 2 heterocycles. The van der Waals surface area contributed by atoms with Crippen LogP contribution >= 0.6 is 11.3 Å². The number of nitrogens with zero attached hydrogens (tertiary/aromatic N) is 2. The van der Waals surface area contributed by atoms with Gasteiger partial charge in [0.15, 0.2) is 0 Å². The Kier molecular flexibility index (Phi) is 6.58. The van der Waals surface area contributed by atoms with E-state index in [4.69, 9.17) is 9.26 Å². The predicted molar refractivity (Wildman–Crippen MR) is 104 cm³/mol. The number of aromatic nitrogens is 2. The number of anilines is 1. The summed E-state index contributed by atoms with van der Waals surface area (Å²) in [6.07, 6.45) is 0.389. The molecule has 0 unspecified atom stereocenters. The predicted octanol–water partition coefficient (Wildman–Crippen LogP) is 2.00. The third kappa shape index (κ3) is 5.55. The molecule has 2 aromatic heterocycles. The highest BCUT2D eigenvalue weighted by molar-refractivity contribution is 7.08. The molecule has 3 N–H and O–H groups in total. The number of methoxy groups -OCH3 is 1. The summed E-state index contributed by atoms with van der Waals surface area (Å²) >= 11 is 1.54. The van der Waals surface area contributed by atoms with E-state index in [1.807, 2.05) is 16.8 Å². The average Bonchev–Trinajstić information content (AvgIpc) is 3.41.